The van der Waals surface area contributed by atoms with E-state index in [1.165, 1.54) is 5.56 Å². The Bertz CT molecular complexity index is 736. The smallest absolute Gasteiger partial charge is 0.104 e. The van der Waals surface area contributed by atoms with Gasteiger partial charge in [0.05, 0.1) is 5.52 Å². The number of hydrogen-bond acceptors (Lipinski definition) is 2. The van der Waals surface area contributed by atoms with Gasteiger partial charge in [-0.2, -0.15) is 0 Å². The van der Waals surface area contributed by atoms with E-state index in [1.54, 1.807) is 6.20 Å². The van der Waals surface area contributed by atoms with Crippen molar-refractivity contribution in [3.05, 3.63) is 77.5 Å². The Kier molecular flexibility index (Phi) is 3.48. The summed E-state index contributed by atoms with van der Waals surface area (Å²) in [6.07, 6.45) is 2.09. The number of rotatable bonds is 3. The number of fused-ring (bicyclic) bond motifs is 1. The van der Waals surface area contributed by atoms with Gasteiger partial charge in [-0.05, 0) is 35.2 Å². The second kappa shape index (κ2) is 5.43. The molecule has 3 rings (SSSR count). The zero-order valence-electron chi connectivity index (χ0n) is 11.5. The lowest BCUT2D eigenvalue weighted by atomic mass is 9.95. The first-order valence-electron chi connectivity index (χ1n) is 6.90. The highest BCUT2D eigenvalue weighted by Gasteiger charge is 2.13. The minimum Gasteiger partial charge on any atom is -0.384 e. The van der Waals surface area contributed by atoms with Crippen LogP contribution in [0.1, 0.15) is 29.7 Å². The fraction of sp³-hybridized carbons (Fsp3) is 0.167. The van der Waals surface area contributed by atoms with Crippen LogP contribution in [0.4, 0.5) is 0 Å². The molecular formula is C18H17NO. The van der Waals surface area contributed by atoms with Gasteiger partial charge in [0.1, 0.15) is 6.10 Å². The zero-order valence-corrected chi connectivity index (χ0v) is 11.5. The Balaban J connectivity index is 2.05. The Morgan fingerprint density at radius 3 is 2.75 bits per heavy atom. The van der Waals surface area contributed by atoms with E-state index in [9.17, 15) is 5.11 Å². The molecule has 20 heavy (non-hydrogen) atoms. The van der Waals surface area contributed by atoms with Crippen LogP contribution < -0.4 is 0 Å². The molecule has 1 atom stereocenters. The highest BCUT2D eigenvalue weighted by Crippen LogP contribution is 2.27. The van der Waals surface area contributed by atoms with Crippen molar-refractivity contribution >= 4 is 10.9 Å². The number of aliphatic hydroxyl groups is 1. The summed E-state index contributed by atoms with van der Waals surface area (Å²) in [5.74, 6) is 0. The third kappa shape index (κ3) is 2.30. The van der Waals surface area contributed by atoms with Gasteiger partial charge in [-0.25, -0.2) is 0 Å². The number of aryl methyl sites for hydroxylation is 1. The predicted octanol–water partition coefficient (Wildman–Crippen LogP) is 3.88. The summed E-state index contributed by atoms with van der Waals surface area (Å²) in [7, 11) is 0. The van der Waals surface area contributed by atoms with Crippen molar-refractivity contribution in [1.29, 1.82) is 0 Å². The molecule has 100 valence electrons. The first-order chi connectivity index (χ1) is 9.79. The fourth-order valence-corrected chi connectivity index (χ4v) is 2.56. The number of nitrogens with zero attached hydrogens (tertiary/aromatic N) is 1. The highest BCUT2D eigenvalue weighted by molar-refractivity contribution is 5.79. The molecule has 3 aromatic rings. The Labute approximate surface area is 118 Å². The van der Waals surface area contributed by atoms with E-state index in [0.29, 0.717) is 0 Å². The quantitative estimate of drug-likeness (QED) is 0.778. The Morgan fingerprint density at radius 2 is 1.90 bits per heavy atom. The van der Waals surface area contributed by atoms with Crippen LogP contribution in [0.3, 0.4) is 0 Å². The van der Waals surface area contributed by atoms with Crippen LogP contribution in [0, 0.1) is 0 Å². The summed E-state index contributed by atoms with van der Waals surface area (Å²) in [5.41, 5.74) is 3.96. The molecule has 0 aliphatic heterocycles. The normalized spacial score (nSPS) is 12.5. The second-order valence-corrected chi connectivity index (χ2v) is 4.91. The van der Waals surface area contributed by atoms with Gasteiger partial charge in [-0.3, -0.25) is 4.98 Å². The summed E-state index contributed by atoms with van der Waals surface area (Å²) in [4.78, 5) is 4.35. The number of aromatic nitrogens is 1. The van der Waals surface area contributed by atoms with Crippen LogP contribution in [-0.2, 0) is 6.42 Å². The third-order valence-corrected chi connectivity index (χ3v) is 3.68. The second-order valence-electron chi connectivity index (χ2n) is 4.91. The molecule has 1 heterocycles. The summed E-state index contributed by atoms with van der Waals surface area (Å²) in [6, 6.07) is 17.9. The molecule has 0 aliphatic carbocycles. The molecule has 0 amide bonds. The van der Waals surface area contributed by atoms with Gasteiger partial charge in [0.2, 0.25) is 0 Å². The van der Waals surface area contributed by atoms with Crippen molar-refractivity contribution in [2.75, 3.05) is 0 Å². The largest absolute Gasteiger partial charge is 0.384 e. The SMILES string of the molecule is CCc1ccccc1C(O)c1ccc2cccnc2c1. The van der Waals surface area contributed by atoms with Crippen molar-refractivity contribution < 1.29 is 5.11 Å². The lowest BCUT2D eigenvalue weighted by molar-refractivity contribution is 0.219. The third-order valence-electron chi connectivity index (χ3n) is 3.68. The Morgan fingerprint density at radius 1 is 1.05 bits per heavy atom. The molecule has 0 fully saturated rings. The van der Waals surface area contributed by atoms with E-state index in [-0.39, 0.29) is 0 Å². The van der Waals surface area contributed by atoms with Crippen molar-refractivity contribution in [1.82, 2.24) is 4.98 Å². The molecule has 0 aliphatic rings. The number of aliphatic hydroxyl groups excluding tert-OH is 1. The molecule has 1 aromatic heterocycles. The van der Waals surface area contributed by atoms with Gasteiger partial charge in [0.25, 0.3) is 0 Å². The van der Waals surface area contributed by atoms with Crippen molar-refractivity contribution in [2.45, 2.75) is 19.4 Å². The molecule has 0 saturated carbocycles. The molecule has 0 spiro atoms. The van der Waals surface area contributed by atoms with Crippen molar-refractivity contribution in [3.63, 3.8) is 0 Å². The minimum absolute atomic E-state index is 0.599. The van der Waals surface area contributed by atoms with Crippen LogP contribution in [0.5, 0.6) is 0 Å². The topological polar surface area (TPSA) is 33.1 Å². The van der Waals surface area contributed by atoms with Gasteiger partial charge >= 0.3 is 0 Å². The van der Waals surface area contributed by atoms with E-state index in [2.05, 4.69) is 18.0 Å². The van der Waals surface area contributed by atoms with E-state index in [4.69, 9.17) is 0 Å². The first-order valence-corrected chi connectivity index (χ1v) is 6.90. The van der Waals surface area contributed by atoms with Crippen LogP contribution in [-0.4, -0.2) is 10.1 Å². The molecule has 1 N–H and O–H groups in total. The van der Waals surface area contributed by atoms with E-state index >= 15 is 0 Å². The molecular weight excluding hydrogens is 246 g/mol. The molecule has 2 nitrogen and oxygen atoms in total. The maximum atomic E-state index is 10.6. The van der Waals surface area contributed by atoms with Gasteiger partial charge in [0, 0.05) is 11.6 Å². The molecule has 2 aromatic carbocycles. The monoisotopic (exact) mass is 263 g/mol. The maximum Gasteiger partial charge on any atom is 0.104 e. The number of pyridine rings is 1. The van der Waals surface area contributed by atoms with Gasteiger partial charge in [-0.15, -0.1) is 0 Å². The van der Waals surface area contributed by atoms with E-state index in [0.717, 1.165) is 28.5 Å². The molecule has 0 bridgehead atoms. The van der Waals surface area contributed by atoms with Gasteiger partial charge < -0.3 is 5.11 Å². The lowest BCUT2D eigenvalue weighted by Crippen LogP contribution is -2.03. The fourth-order valence-electron chi connectivity index (χ4n) is 2.56. The summed E-state index contributed by atoms with van der Waals surface area (Å²) < 4.78 is 0. The summed E-state index contributed by atoms with van der Waals surface area (Å²) in [6.45, 7) is 2.10. The van der Waals surface area contributed by atoms with Gasteiger partial charge in [-0.1, -0.05) is 49.4 Å². The first kappa shape index (κ1) is 12.8. The minimum atomic E-state index is -0.599. The number of hydrogen-bond donors (Lipinski definition) is 1. The molecule has 1 unspecified atom stereocenters. The predicted molar refractivity (Wildman–Crippen MR) is 81.6 cm³/mol. The average molecular weight is 263 g/mol. The van der Waals surface area contributed by atoms with Crippen molar-refractivity contribution in [3.8, 4) is 0 Å². The van der Waals surface area contributed by atoms with Crippen LogP contribution in [0.2, 0.25) is 0 Å². The Hall–Kier alpha value is -2.19. The molecule has 2 heteroatoms. The summed E-state index contributed by atoms with van der Waals surface area (Å²) in [5, 5.41) is 11.7. The highest BCUT2D eigenvalue weighted by atomic mass is 16.3. The summed E-state index contributed by atoms with van der Waals surface area (Å²) >= 11 is 0. The van der Waals surface area contributed by atoms with E-state index in [1.807, 2.05) is 48.5 Å². The van der Waals surface area contributed by atoms with Crippen LogP contribution >= 0.6 is 0 Å². The van der Waals surface area contributed by atoms with Crippen molar-refractivity contribution in [2.24, 2.45) is 0 Å². The zero-order chi connectivity index (χ0) is 13.9. The lowest BCUT2D eigenvalue weighted by Gasteiger charge is -2.15. The maximum absolute atomic E-state index is 10.6. The molecule has 0 saturated heterocycles. The van der Waals surface area contributed by atoms with E-state index < -0.39 is 6.10 Å². The average Bonchev–Trinajstić information content (AvgIpc) is 2.53. The van der Waals surface area contributed by atoms with Crippen LogP contribution in [0.15, 0.2) is 60.8 Å². The molecule has 0 radical (unpaired) electrons. The standard InChI is InChI=1S/C18H17NO/c1-2-13-6-3-4-8-16(13)18(20)15-10-9-14-7-5-11-19-17(14)12-15/h3-12,18,20H,2H2,1H3. The number of benzene rings is 2. The van der Waals surface area contributed by atoms with Gasteiger partial charge in [0.15, 0.2) is 0 Å². The van der Waals surface area contributed by atoms with Crippen LogP contribution in [0.25, 0.3) is 10.9 Å².